The van der Waals surface area contributed by atoms with Gasteiger partial charge in [-0.25, -0.2) is 12.7 Å². The highest BCUT2D eigenvalue weighted by Crippen LogP contribution is 2.13. The number of sulfonamides is 1. The number of hydrogen-bond donors (Lipinski definition) is 0. The Morgan fingerprint density at radius 1 is 1.35 bits per heavy atom. The second-order valence-electron chi connectivity index (χ2n) is 4.77. The van der Waals surface area contributed by atoms with E-state index >= 15 is 0 Å². The van der Waals surface area contributed by atoms with Crippen molar-refractivity contribution in [2.75, 3.05) is 20.2 Å². The summed E-state index contributed by atoms with van der Waals surface area (Å²) in [6.07, 6.45) is 0.0745. The van der Waals surface area contributed by atoms with Crippen molar-refractivity contribution in [3.63, 3.8) is 0 Å². The molecule has 0 atom stereocenters. The van der Waals surface area contributed by atoms with E-state index in [2.05, 4.69) is 0 Å². The van der Waals surface area contributed by atoms with E-state index in [1.54, 1.807) is 24.3 Å². The average molecular weight is 296 g/mol. The first-order valence-corrected chi connectivity index (χ1v) is 8.01. The van der Waals surface area contributed by atoms with Crippen LogP contribution in [0.2, 0.25) is 0 Å². The molecular formula is C14H20N2O3S. The highest BCUT2D eigenvalue weighted by molar-refractivity contribution is 7.88. The molecule has 5 nitrogen and oxygen atoms in total. The molecule has 0 saturated heterocycles. The smallest absolute Gasteiger partial charge is 0.218 e. The normalized spacial score (nSPS) is 11.8. The Morgan fingerprint density at radius 2 is 2.00 bits per heavy atom. The molecule has 20 heavy (non-hydrogen) atoms. The summed E-state index contributed by atoms with van der Waals surface area (Å²) in [6, 6.07) is 8.73. The highest BCUT2D eigenvalue weighted by atomic mass is 32.2. The zero-order valence-electron chi connectivity index (χ0n) is 12.0. The van der Waals surface area contributed by atoms with Crippen LogP contribution in [0.1, 0.15) is 25.0 Å². The predicted octanol–water partition coefficient (Wildman–Crippen LogP) is 1.74. The molecule has 0 amide bonds. The van der Waals surface area contributed by atoms with Gasteiger partial charge in [-0.3, -0.25) is 0 Å². The second-order valence-corrected chi connectivity index (χ2v) is 6.84. The van der Waals surface area contributed by atoms with Gasteiger partial charge in [-0.05, 0) is 25.5 Å². The van der Waals surface area contributed by atoms with Crippen molar-refractivity contribution in [3.05, 3.63) is 35.4 Å². The Labute approximate surface area is 120 Å². The molecule has 0 fully saturated rings. The minimum atomic E-state index is -3.44. The highest BCUT2D eigenvalue weighted by Gasteiger charge is 2.19. The van der Waals surface area contributed by atoms with E-state index in [1.807, 2.05) is 19.9 Å². The molecule has 0 heterocycles. The molecule has 1 aromatic rings. The van der Waals surface area contributed by atoms with Crippen LogP contribution in [-0.4, -0.2) is 39.0 Å². The summed E-state index contributed by atoms with van der Waals surface area (Å²) in [6.45, 7) is 4.46. The van der Waals surface area contributed by atoms with Crippen LogP contribution in [0.3, 0.4) is 0 Å². The Balaban J connectivity index is 2.72. The van der Waals surface area contributed by atoms with Crippen molar-refractivity contribution in [1.29, 1.82) is 5.26 Å². The molecule has 0 radical (unpaired) electrons. The monoisotopic (exact) mass is 296 g/mol. The van der Waals surface area contributed by atoms with E-state index < -0.39 is 10.0 Å². The largest absolute Gasteiger partial charge is 0.377 e. The lowest BCUT2D eigenvalue weighted by molar-refractivity contribution is 0.0737. The summed E-state index contributed by atoms with van der Waals surface area (Å²) in [5.74, 6) is -0.172. The molecule has 0 aliphatic rings. The van der Waals surface area contributed by atoms with Crippen molar-refractivity contribution in [2.24, 2.45) is 0 Å². The third-order valence-corrected chi connectivity index (χ3v) is 4.62. The maximum Gasteiger partial charge on any atom is 0.218 e. The van der Waals surface area contributed by atoms with E-state index in [4.69, 9.17) is 10.00 Å². The minimum Gasteiger partial charge on any atom is -0.377 e. The van der Waals surface area contributed by atoms with Crippen LogP contribution in [0.15, 0.2) is 24.3 Å². The molecule has 1 rings (SSSR count). The molecule has 1 aromatic carbocycles. The fourth-order valence-corrected chi connectivity index (χ4v) is 2.84. The number of nitriles is 1. The number of ether oxygens (including phenoxy) is 1. The summed E-state index contributed by atoms with van der Waals surface area (Å²) >= 11 is 0. The molecule has 0 aliphatic heterocycles. The fourth-order valence-electron chi connectivity index (χ4n) is 1.62. The molecule has 0 aromatic heterocycles. The minimum absolute atomic E-state index is 0.0745. The van der Waals surface area contributed by atoms with Gasteiger partial charge in [-0.15, -0.1) is 0 Å². The van der Waals surface area contributed by atoms with Gasteiger partial charge in [-0.2, -0.15) is 5.26 Å². The molecule has 0 unspecified atom stereocenters. The maximum atomic E-state index is 12.2. The van der Waals surface area contributed by atoms with Crippen LogP contribution in [-0.2, 0) is 20.5 Å². The average Bonchev–Trinajstić information content (AvgIpc) is 2.38. The molecule has 0 N–H and O–H groups in total. The van der Waals surface area contributed by atoms with E-state index in [9.17, 15) is 8.42 Å². The third-order valence-electron chi connectivity index (χ3n) is 2.81. The van der Waals surface area contributed by atoms with E-state index in [0.29, 0.717) is 24.3 Å². The van der Waals surface area contributed by atoms with Gasteiger partial charge in [0.1, 0.15) is 0 Å². The van der Waals surface area contributed by atoms with Gasteiger partial charge in [0.05, 0.1) is 30.1 Å². The fraction of sp³-hybridized carbons (Fsp3) is 0.500. The topological polar surface area (TPSA) is 70.4 Å². The van der Waals surface area contributed by atoms with Crippen molar-refractivity contribution in [1.82, 2.24) is 4.31 Å². The third kappa shape index (κ3) is 4.93. The number of rotatable bonds is 7. The van der Waals surface area contributed by atoms with Gasteiger partial charge in [0, 0.05) is 13.6 Å². The van der Waals surface area contributed by atoms with Crippen molar-refractivity contribution in [2.45, 2.75) is 25.7 Å². The van der Waals surface area contributed by atoms with Crippen LogP contribution in [0.4, 0.5) is 0 Å². The van der Waals surface area contributed by atoms with Crippen molar-refractivity contribution < 1.29 is 13.2 Å². The van der Waals surface area contributed by atoms with Gasteiger partial charge >= 0.3 is 0 Å². The molecular weight excluding hydrogens is 276 g/mol. The summed E-state index contributed by atoms with van der Waals surface area (Å²) in [5, 5.41) is 8.98. The standard InChI is InChI=1S/C14H20N2O3S/c1-12(2)19-9-8-16(3)20(17,18)11-14-7-5-4-6-13(14)10-15/h4-7,12H,8-9,11H2,1-3H3. The van der Waals surface area contributed by atoms with Crippen LogP contribution < -0.4 is 0 Å². The molecule has 0 spiro atoms. The predicted molar refractivity (Wildman–Crippen MR) is 77.5 cm³/mol. The number of hydrogen-bond acceptors (Lipinski definition) is 4. The van der Waals surface area contributed by atoms with E-state index in [1.165, 1.54) is 11.4 Å². The lowest BCUT2D eigenvalue weighted by Crippen LogP contribution is -2.32. The second kappa shape index (κ2) is 7.39. The van der Waals surface area contributed by atoms with E-state index in [0.717, 1.165) is 0 Å². The van der Waals surface area contributed by atoms with Crippen LogP contribution in [0, 0.1) is 11.3 Å². The molecule has 110 valence electrons. The van der Waals surface area contributed by atoms with Crippen LogP contribution in [0.5, 0.6) is 0 Å². The van der Waals surface area contributed by atoms with Crippen LogP contribution >= 0.6 is 0 Å². The first kappa shape index (κ1) is 16.6. The van der Waals surface area contributed by atoms with Crippen molar-refractivity contribution in [3.8, 4) is 6.07 Å². The van der Waals surface area contributed by atoms with E-state index in [-0.39, 0.29) is 11.9 Å². The molecule has 0 bridgehead atoms. The van der Waals surface area contributed by atoms with Gasteiger partial charge in [-0.1, -0.05) is 18.2 Å². The lowest BCUT2D eigenvalue weighted by Gasteiger charge is -2.18. The first-order valence-electron chi connectivity index (χ1n) is 6.40. The zero-order valence-corrected chi connectivity index (χ0v) is 12.9. The number of likely N-dealkylation sites (N-methyl/N-ethyl adjacent to an activating group) is 1. The Kier molecular flexibility index (Phi) is 6.14. The van der Waals surface area contributed by atoms with Gasteiger partial charge in [0.15, 0.2) is 0 Å². The summed E-state index contributed by atoms with van der Waals surface area (Å²) in [4.78, 5) is 0. The zero-order chi connectivity index (χ0) is 15.2. The molecule has 0 saturated carbocycles. The first-order chi connectivity index (χ1) is 9.36. The lowest BCUT2D eigenvalue weighted by atomic mass is 10.1. The van der Waals surface area contributed by atoms with Gasteiger partial charge in [0.2, 0.25) is 10.0 Å². The summed E-state index contributed by atoms with van der Waals surface area (Å²) in [5.41, 5.74) is 0.912. The quantitative estimate of drug-likeness (QED) is 0.768. The molecule has 6 heteroatoms. The summed E-state index contributed by atoms with van der Waals surface area (Å²) in [7, 11) is -1.92. The Morgan fingerprint density at radius 3 is 2.60 bits per heavy atom. The Hall–Kier alpha value is -1.42. The van der Waals surface area contributed by atoms with Gasteiger partial charge in [0.25, 0.3) is 0 Å². The number of nitrogens with zero attached hydrogens (tertiary/aromatic N) is 2. The molecule has 0 aliphatic carbocycles. The maximum absolute atomic E-state index is 12.2. The SMILES string of the molecule is CC(C)OCCN(C)S(=O)(=O)Cc1ccccc1C#N. The van der Waals surface area contributed by atoms with Gasteiger partial charge < -0.3 is 4.74 Å². The van der Waals surface area contributed by atoms with Crippen LogP contribution in [0.25, 0.3) is 0 Å². The number of benzene rings is 1. The Bertz CT molecular complexity index is 576. The van der Waals surface area contributed by atoms with Crippen molar-refractivity contribution >= 4 is 10.0 Å². The summed E-state index contributed by atoms with van der Waals surface area (Å²) < 4.78 is 31.0.